The van der Waals surface area contributed by atoms with Crippen LogP contribution in [0.5, 0.6) is 0 Å². The zero-order valence-corrected chi connectivity index (χ0v) is 12.2. The maximum absolute atomic E-state index is 11.7. The van der Waals surface area contributed by atoms with E-state index in [1.54, 1.807) is 6.20 Å². The van der Waals surface area contributed by atoms with Crippen molar-refractivity contribution in [1.82, 2.24) is 10.3 Å². The molecule has 0 spiro atoms. The smallest absolute Gasteiger partial charge is 0.320 e. The van der Waals surface area contributed by atoms with Crippen molar-refractivity contribution in [3.63, 3.8) is 0 Å². The molecule has 19 heavy (non-hydrogen) atoms. The van der Waals surface area contributed by atoms with Gasteiger partial charge in [0.2, 0.25) is 0 Å². The fraction of sp³-hybridized carbons (Fsp3) is 0.600. The lowest BCUT2D eigenvalue weighted by atomic mass is 9.96. The van der Waals surface area contributed by atoms with E-state index >= 15 is 0 Å². The molecule has 106 valence electrons. The van der Waals surface area contributed by atoms with Crippen LogP contribution in [0, 0.1) is 6.92 Å². The van der Waals surface area contributed by atoms with Crippen LogP contribution >= 0.6 is 0 Å². The first-order valence-corrected chi connectivity index (χ1v) is 7.24. The predicted octanol–water partition coefficient (Wildman–Crippen LogP) is 3.87. The van der Waals surface area contributed by atoms with Gasteiger partial charge in [-0.3, -0.25) is 5.32 Å². The third kappa shape index (κ3) is 5.73. The first-order valence-electron chi connectivity index (χ1n) is 7.24. The first kappa shape index (κ1) is 15.5. The minimum Gasteiger partial charge on any atom is -0.335 e. The van der Waals surface area contributed by atoms with Crippen LogP contribution in [0.15, 0.2) is 18.3 Å². The number of urea groups is 1. The first-order chi connectivity index (χ1) is 9.24. The number of amides is 2. The topological polar surface area (TPSA) is 54.0 Å². The summed E-state index contributed by atoms with van der Waals surface area (Å²) in [5.74, 6) is 0.610. The highest BCUT2D eigenvalue weighted by atomic mass is 16.2. The summed E-state index contributed by atoms with van der Waals surface area (Å²) in [4.78, 5) is 15.8. The summed E-state index contributed by atoms with van der Waals surface area (Å²) in [6.45, 7) is 5.98. The summed E-state index contributed by atoms with van der Waals surface area (Å²) in [5, 5.41) is 5.77. The van der Waals surface area contributed by atoms with Crippen molar-refractivity contribution in [1.29, 1.82) is 0 Å². The van der Waals surface area contributed by atoms with Gasteiger partial charge in [0, 0.05) is 12.2 Å². The average Bonchev–Trinajstić information content (AvgIpc) is 2.42. The van der Waals surface area contributed by atoms with Crippen LogP contribution in [0.1, 0.15) is 51.5 Å². The number of carbonyl (C=O) groups excluding carboxylic acids is 1. The van der Waals surface area contributed by atoms with E-state index in [4.69, 9.17) is 0 Å². The molecule has 0 unspecified atom stereocenters. The fourth-order valence-corrected chi connectivity index (χ4v) is 2.19. The highest BCUT2D eigenvalue weighted by Crippen LogP contribution is 2.17. The van der Waals surface area contributed by atoms with Crippen molar-refractivity contribution in [2.75, 3.05) is 5.32 Å². The van der Waals surface area contributed by atoms with Crippen LogP contribution in [-0.4, -0.2) is 17.1 Å². The molecule has 1 fully saturated rings. The van der Waals surface area contributed by atoms with Gasteiger partial charge in [-0.25, -0.2) is 9.78 Å². The van der Waals surface area contributed by atoms with Crippen molar-refractivity contribution in [3.05, 3.63) is 23.9 Å². The number of hydrogen-bond acceptors (Lipinski definition) is 2. The molecule has 2 amide bonds. The minimum absolute atomic E-state index is 0.144. The lowest BCUT2D eigenvalue weighted by molar-refractivity contribution is 0.244. The van der Waals surface area contributed by atoms with Gasteiger partial charge < -0.3 is 5.32 Å². The average molecular weight is 263 g/mol. The van der Waals surface area contributed by atoms with Crippen LogP contribution in [0.3, 0.4) is 0 Å². The van der Waals surface area contributed by atoms with Gasteiger partial charge in [0.1, 0.15) is 5.82 Å². The number of hydrogen-bond donors (Lipinski definition) is 2. The monoisotopic (exact) mass is 263 g/mol. The van der Waals surface area contributed by atoms with Gasteiger partial charge in [-0.05, 0) is 37.5 Å². The summed E-state index contributed by atoms with van der Waals surface area (Å²) < 4.78 is 0. The third-order valence-corrected chi connectivity index (χ3v) is 3.10. The van der Waals surface area contributed by atoms with Gasteiger partial charge in [0.25, 0.3) is 0 Å². The normalized spacial score (nSPS) is 15.1. The van der Waals surface area contributed by atoms with Crippen molar-refractivity contribution in [3.8, 4) is 0 Å². The molecule has 0 saturated heterocycles. The molecule has 4 heteroatoms. The Bertz CT molecular complexity index is 387. The van der Waals surface area contributed by atoms with Crippen LogP contribution in [0.2, 0.25) is 0 Å². The second-order valence-electron chi connectivity index (χ2n) is 4.65. The van der Waals surface area contributed by atoms with Gasteiger partial charge in [-0.2, -0.15) is 0 Å². The summed E-state index contributed by atoms with van der Waals surface area (Å²) in [7, 11) is 0. The molecule has 2 N–H and O–H groups in total. The predicted molar refractivity (Wildman–Crippen MR) is 79.3 cm³/mol. The maximum atomic E-state index is 11.7. The van der Waals surface area contributed by atoms with E-state index in [1.165, 1.54) is 19.3 Å². The van der Waals surface area contributed by atoms with Gasteiger partial charge in [0.15, 0.2) is 0 Å². The lowest BCUT2D eigenvalue weighted by Crippen LogP contribution is -2.39. The molecule has 1 aromatic heterocycles. The second kappa shape index (κ2) is 8.51. The molecule has 0 aromatic carbocycles. The Morgan fingerprint density at radius 3 is 2.58 bits per heavy atom. The van der Waals surface area contributed by atoms with Crippen molar-refractivity contribution < 1.29 is 4.79 Å². The Balaban J connectivity index is 0.000000861. The number of nitrogens with one attached hydrogen (secondary N) is 2. The second-order valence-corrected chi connectivity index (χ2v) is 4.65. The van der Waals surface area contributed by atoms with Crippen LogP contribution in [0.25, 0.3) is 0 Å². The van der Waals surface area contributed by atoms with E-state index < -0.39 is 0 Å². The number of anilines is 1. The Hall–Kier alpha value is -1.58. The molecule has 1 heterocycles. The van der Waals surface area contributed by atoms with Gasteiger partial charge in [-0.1, -0.05) is 33.1 Å². The largest absolute Gasteiger partial charge is 0.335 e. The number of aryl methyl sites for hydroxylation is 1. The van der Waals surface area contributed by atoms with Crippen LogP contribution in [-0.2, 0) is 0 Å². The Kier molecular flexibility index (Phi) is 6.93. The van der Waals surface area contributed by atoms with E-state index in [2.05, 4.69) is 15.6 Å². The lowest BCUT2D eigenvalue weighted by Gasteiger charge is -2.22. The summed E-state index contributed by atoms with van der Waals surface area (Å²) >= 11 is 0. The molecule has 4 nitrogen and oxygen atoms in total. The van der Waals surface area contributed by atoms with Crippen molar-refractivity contribution in [2.45, 2.75) is 58.9 Å². The summed E-state index contributed by atoms with van der Waals surface area (Å²) in [5.41, 5.74) is 1.09. The Morgan fingerprint density at radius 2 is 1.95 bits per heavy atom. The van der Waals surface area contributed by atoms with Gasteiger partial charge >= 0.3 is 6.03 Å². The molecule has 0 aliphatic heterocycles. The number of aromatic nitrogens is 1. The maximum Gasteiger partial charge on any atom is 0.320 e. The quantitative estimate of drug-likeness (QED) is 0.851. The van der Waals surface area contributed by atoms with Crippen LogP contribution < -0.4 is 10.6 Å². The zero-order valence-electron chi connectivity index (χ0n) is 12.2. The highest BCUT2D eigenvalue weighted by Gasteiger charge is 2.15. The Labute approximate surface area is 116 Å². The molecule has 1 aromatic rings. The molecule has 1 aliphatic carbocycles. The molecule has 0 atom stereocenters. The molecule has 1 saturated carbocycles. The van der Waals surface area contributed by atoms with Gasteiger partial charge in [-0.15, -0.1) is 0 Å². The van der Waals surface area contributed by atoms with Crippen molar-refractivity contribution in [2.24, 2.45) is 0 Å². The number of nitrogens with zero attached hydrogens (tertiary/aromatic N) is 1. The SMILES string of the molecule is CC.Cc1ccnc(NC(=O)NC2CCCCC2)c1. The van der Waals surface area contributed by atoms with Gasteiger partial charge in [0.05, 0.1) is 0 Å². The molecule has 0 bridgehead atoms. The minimum atomic E-state index is -0.144. The number of carbonyl (C=O) groups is 1. The third-order valence-electron chi connectivity index (χ3n) is 3.10. The Morgan fingerprint density at radius 1 is 1.26 bits per heavy atom. The number of pyridine rings is 1. The zero-order chi connectivity index (χ0) is 14.1. The van der Waals surface area contributed by atoms with E-state index in [9.17, 15) is 4.79 Å². The van der Waals surface area contributed by atoms with Crippen molar-refractivity contribution >= 4 is 11.8 Å². The standard InChI is InChI=1S/C13H19N3O.C2H6/c1-10-7-8-14-12(9-10)16-13(17)15-11-5-3-2-4-6-11;1-2/h7-9,11H,2-6H2,1H3,(H2,14,15,16,17);1-2H3. The van der Waals surface area contributed by atoms with Crippen LogP contribution in [0.4, 0.5) is 10.6 Å². The highest BCUT2D eigenvalue weighted by molar-refractivity contribution is 5.88. The molecule has 2 rings (SSSR count). The summed E-state index contributed by atoms with van der Waals surface area (Å²) in [6.07, 6.45) is 7.61. The van der Waals surface area contributed by atoms with E-state index in [-0.39, 0.29) is 6.03 Å². The fourth-order valence-electron chi connectivity index (χ4n) is 2.19. The molecular weight excluding hydrogens is 238 g/mol. The molecule has 1 aliphatic rings. The molecular formula is C15H25N3O. The molecule has 0 radical (unpaired) electrons. The van der Waals surface area contributed by atoms with E-state index in [0.29, 0.717) is 11.9 Å². The summed E-state index contributed by atoms with van der Waals surface area (Å²) in [6, 6.07) is 3.95. The number of rotatable bonds is 2. The van der Waals surface area contributed by atoms with E-state index in [0.717, 1.165) is 18.4 Å². The van der Waals surface area contributed by atoms with E-state index in [1.807, 2.05) is 32.9 Å².